The molecular formula is C14H17BrN2O2. The Hall–Kier alpha value is -1.54. The maximum atomic E-state index is 12.2. The smallest absolute Gasteiger partial charge is 0.244 e. The van der Waals surface area contributed by atoms with Crippen LogP contribution in [0.2, 0.25) is 0 Å². The highest BCUT2D eigenvalue weighted by atomic mass is 79.9. The van der Waals surface area contributed by atoms with Gasteiger partial charge in [-0.25, -0.2) is 0 Å². The van der Waals surface area contributed by atoms with E-state index in [1.807, 2.05) is 13.8 Å². The van der Waals surface area contributed by atoms with E-state index in [2.05, 4.69) is 27.3 Å². The first-order valence-electron chi connectivity index (χ1n) is 6.09. The number of hydrogen-bond donors (Lipinski definition) is 1. The van der Waals surface area contributed by atoms with Gasteiger partial charge in [-0.15, -0.1) is 0 Å². The molecular weight excluding hydrogens is 308 g/mol. The van der Waals surface area contributed by atoms with Crippen molar-refractivity contribution in [2.24, 2.45) is 5.41 Å². The zero-order valence-corrected chi connectivity index (χ0v) is 12.9. The Morgan fingerprint density at radius 3 is 2.53 bits per heavy atom. The number of anilines is 1. The lowest BCUT2D eigenvalue weighted by molar-refractivity contribution is -0.123. The second-order valence-electron chi connectivity index (χ2n) is 4.20. The first-order valence-corrected chi connectivity index (χ1v) is 6.88. The number of amides is 1. The number of carbonyl (C=O) groups is 1. The van der Waals surface area contributed by atoms with Crippen LogP contribution in [0.15, 0.2) is 22.7 Å². The Kier molecular flexibility index (Phi) is 5.37. The number of ether oxygens (including phenoxy) is 1. The van der Waals surface area contributed by atoms with E-state index in [0.717, 1.165) is 4.47 Å². The quantitative estimate of drug-likeness (QED) is 0.897. The number of methoxy groups -OCH3 is 1. The predicted octanol–water partition coefficient (Wildman–Crippen LogP) is 3.73. The van der Waals surface area contributed by atoms with Gasteiger partial charge in [0.15, 0.2) is 0 Å². The minimum Gasteiger partial charge on any atom is -0.496 e. The van der Waals surface area contributed by atoms with Crippen LogP contribution in [-0.4, -0.2) is 13.0 Å². The summed E-state index contributed by atoms with van der Waals surface area (Å²) in [6.45, 7) is 3.69. The summed E-state index contributed by atoms with van der Waals surface area (Å²) in [4.78, 5) is 12.2. The number of nitrogens with one attached hydrogen (secondary N) is 1. The molecule has 0 aromatic heterocycles. The van der Waals surface area contributed by atoms with Crippen molar-refractivity contribution in [3.63, 3.8) is 0 Å². The van der Waals surface area contributed by atoms with Crippen LogP contribution in [0, 0.1) is 16.7 Å². The van der Waals surface area contributed by atoms with Gasteiger partial charge in [0.25, 0.3) is 0 Å². The summed E-state index contributed by atoms with van der Waals surface area (Å²) in [7, 11) is 1.58. The third-order valence-electron chi connectivity index (χ3n) is 3.27. The van der Waals surface area contributed by atoms with E-state index in [4.69, 9.17) is 4.74 Å². The lowest BCUT2D eigenvalue weighted by atomic mass is 9.83. The van der Waals surface area contributed by atoms with Crippen molar-refractivity contribution < 1.29 is 9.53 Å². The molecule has 0 fully saturated rings. The number of nitriles is 1. The minimum absolute atomic E-state index is 0.267. The van der Waals surface area contributed by atoms with Crippen LogP contribution in [0.5, 0.6) is 5.75 Å². The Bertz CT molecular complexity index is 505. The van der Waals surface area contributed by atoms with Crippen molar-refractivity contribution >= 4 is 27.5 Å². The van der Waals surface area contributed by atoms with Gasteiger partial charge in [-0.05, 0) is 47.0 Å². The van der Waals surface area contributed by atoms with Gasteiger partial charge in [0.1, 0.15) is 11.2 Å². The van der Waals surface area contributed by atoms with E-state index >= 15 is 0 Å². The van der Waals surface area contributed by atoms with Gasteiger partial charge in [-0.2, -0.15) is 5.26 Å². The van der Waals surface area contributed by atoms with Gasteiger partial charge in [0.05, 0.1) is 17.7 Å². The summed E-state index contributed by atoms with van der Waals surface area (Å²) in [5.41, 5.74) is -0.328. The molecule has 0 unspecified atom stereocenters. The number of rotatable bonds is 5. The van der Waals surface area contributed by atoms with Gasteiger partial charge in [-0.3, -0.25) is 4.79 Å². The maximum Gasteiger partial charge on any atom is 0.244 e. The van der Waals surface area contributed by atoms with Crippen molar-refractivity contribution in [1.82, 2.24) is 0 Å². The largest absolute Gasteiger partial charge is 0.496 e. The molecule has 0 aliphatic carbocycles. The first-order chi connectivity index (χ1) is 9.02. The lowest BCUT2D eigenvalue weighted by Crippen LogP contribution is -2.33. The number of carbonyl (C=O) groups excluding carboxylic acids is 1. The first kappa shape index (κ1) is 15.5. The van der Waals surface area contributed by atoms with Gasteiger partial charge in [0, 0.05) is 5.69 Å². The summed E-state index contributed by atoms with van der Waals surface area (Å²) in [6, 6.07) is 7.38. The van der Waals surface area contributed by atoms with Crippen LogP contribution in [0.1, 0.15) is 26.7 Å². The van der Waals surface area contributed by atoms with Crippen LogP contribution in [0.4, 0.5) is 5.69 Å². The number of nitrogens with zero attached hydrogens (tertiary/aromatic N) is 1. The number of halogens is 1. The van der Waals surface area contributed by atoms with Crippen molar-refractivity contribution in [1.29, 1.82) is 5.26 Å². The molecule has 0 bridgehead atoms. The van der Waals surface area contributed by atoms with Crippen LogP contribution < -0.4 is 10.1 Å². The summed E-state index contributed by atoms with van der Waals surface area (Å²) >= 11 is 3.36. The highest BCUT2D eigenvalue weighted by Gasteiger charge is 2.35. The molecule has 0 spiro atoms. The SMILES string of the molecule is CCC(C#N)(CC)C(=O)Nc1ccc(OC)c(Br)c1. The van der Waals surface area contributed by atoms with Crippen LogP contribution in [0.3, 0.4) is 0 Å². The summed E-state index contributed by atoms with van der Waals surface area (Å²) in [6.07, 6.45) is 0.978. The van der Waals surface area contributed by atoms with Gasteiger partial charge in [-0.1, -0.05) is 13.8 Å². The zero-order valence-electron chi connectivity index (χ0n) is 11.3. The highest BCUT2D eigenvalue weighted by molar-refractivity contribution is 9.10. The molecule has 1 aromatic carbocycles. The van der Waals surface area contributed by atoms with Crippen molar-refractivity contribution in [2.75, 3.05) is 12.4 Å². The van der Waals surface area contributed by atoms with Crippen LogP contribution >= 0.6 is 15.9 Å². The topological polar surface area (TPSA) is 62.1 Å². The average Bonchev–Trinajstić information content (AvgIpc) is 2.41. The summed E-state index contributed by atoms with van der Waals surface area (Å²) < 4.78 is 5.88. The predicted molar refractivity (Wildman–Crippen MR) is 78.0 cm³/mol. The third kappa shape index (κ3) is 3.27. The molecule has 0 saturated heterocycles. The minimum atomic E-state index is -0.966. The van der Waals surface area contributed by atoms with E-state index in [-0.39, 0.29) is 5.91 Å². The van der Waals surface area contributed by atoms with Crippen molar-refractivity contribution in [3.8, 4) is 11.8 Å². The zero-order chi connectivity index (χ0) is 14.5. The van der Waals surface area contributed by atoms with Gasteiger partial charge >= 0.3 is 0 Å². The molecule has 0 saturated carbocycles. The fourth-order valence-corrected chi connectivity index (χ4v) is 2.32. The summed E-state index contributed by atoms with van der Waals surface area (Å²) in [5, 5.41) is 12.0. The van der Waals surface area contributed by atoms with E-state index in [1.165, 1.54) is 0 Å². The Balaban J connectivity index is 2.94. The van der Waals surface area contributed by atoms with E-state index < -0.39 is 5.41 Å². The monoisotopic (exact) mass is 324 g/mol. The standard InChI is InChI=1S/C14H17BrN2O2/c1-4-14(5-2,9-16)13(18)17-10-6-7-12(19-3)11(15)8-10/h6-8H,4-5H2,1-3H3,(H,17,18). The van der Waals surface area contributed by atoms with E-state index in [1.54, 1.807) is 25.3 Å². The Labute approximate surface area is 121 Å². The fraction of sp³-hybridized carbons (Fsp3) is 0.429. The van der Waals surface area contributed by atoms with Gasteiger partial charge < -0.3 is 10.1 Å². The molecule has 0 heterocycles. The normalized spacial score (nSPS) is 10.7. The molecule has 1 rings (SSSR count). The van der Waals surface area contributed by atoms with Crippen molar-refractivity contribution in [3.05, 3.63) is 22.7 Å². The van der Waals surface area contributed by atoms with Crippen LogP contribution in [-0.2, 0) is 4.79 Å². The van der Waals surface area contributed by atoms with Crippen LogP contribution in [0.25, 0.3) is 0 Å². The molecule has 0 radical (unpaired) electrons. The molecule has 0 aliphatic rings. The Morgan fingerprint density at radius 2 is 2.11 bits per heavy atom. The molecule has 1 aromatic rings. The second kappa shape index (κ2) is 6.58. The number of benzene rings is 1. The molecule has 19 heavy (non-hydrogen) atoms. The maximum absolute atomic E-state index is 12.2. The van der Waals surface area contributed by atoms with Crippen molar-refractivity contribution in [2.45, 2.75) is 26.7 Å². The van der Waals surface area contributed by atoms with E-state index in [9.17, 15) is 10.1 Å². The molecule has 5 heteroatoms. The molecule has 0 aliphatic heterocycles. The Morgan fingerprint density at radius 1 is 1.47 bits per heavy atom. The molecule has 102 valence electrons. The van der Waals surface area contributed by atoms with Gasteiger partial charge in [0.2, 0.25) is 5.91 Å². The number of hydrogen-bond acceptors (Lipinski definition) is 3. The second-order valence-corrected chi connectivity index (χ2v) is 5.06. The molecule has 0 atom stereocenters. The third-order valence-corrected chi connectivity index (χ3v) is 3.89. The summed E-state index contributed by atoms with van der Waals surface area (Å²) in [5.74, 6) is 0.424. The fourth-order valence-electron chi connectivity index (χ4n) is 1.77. The molecule has 1 amide bonds. The van der Waals surface area contributed by atoms with E-state index in [0.29, 0.717) is 24.3 Å². The highest BCUT2D eigenvalue weighted by Crippen LogP contribution is 2.30. The lowest BCUT2D eigenvalue weighted by Gasteiger charge is -2.22. The molecule has 4 nitrogen and oxygen atoms in total. The average molecular weight is 325 g/mol. The molecule has 1 N–H and O–H groups in total.